The molecule has 0 amide bonds. The van der Waals surface area contributed by atoms with Gasteiger partial charge in [0.25, 0.3) is 0 Å². The Balaban J connectivity index is 3.06. The van der Waals surface area contributed by atoms with Gasteiger partial charge in [0.1, 0.15) is 5.57 Å². The molecule has 0 bridgehead atoms. The maximum absolute atomic E-state index is 10.7. The topological polar surface area (TPSA) is 71.4 Å². The number of hydrogen-bond acceptors (Lipinski definition) is 3. The first-order valence-corrected chi connectivity index (χ1v) is 2.83. The molecule has 1 aliphatic carbocycles. The van der Waals surface area contributed by atoms with Gasteiger partial charge in [0.05, 0.1) is 0 Å². The molecule has 0 aliphatic heterocycles. The highest BCUT2D eigenvalue weighted by molar-refractivity contribution is 6.52. The van der Waals surface area contributed by atoms with Crippen molar-refractivity contribution in [3.63, 3.8) is 0 Å². The number of carboxylic acids is 1. The monoisotopic (exact) mass is 152 g/mol. The predicted octanol–water partition coefficient (Wildman–Crippen LogP) is -0.295. The van der Waals surface area contributed by atoms with Crippen molar-refractivity contribution >= 4 is 17.5 Å². The molecule has 0 unspecified atom stereocenters. The Hall–Kier alpha value is -1.71. The van der Waals surface area contributed by atoms with E-state index in [4.69, 9.17) is 5.11 Å². The van der Waals surface area contributed by atoms with E-state index in [1.54, 1.807) is 0 Å². The van der Waals surface area contributed by atoms with Gasteiger partial charge in [0.15, 0.2) is 0 Å². The molecule has 1 aliphatic rings. The molecule has 4 heteroatoms. The summed E-state index contributed by atoms with van der Waals surface area (Å²) in [5.74, 6) is -3.11. The minimum absolute atomic E-state index is 0.475. The van der Waals surface area contributed by atoms with E-state index in [1.807, 2.05) is 0 Å². The van der Waals surface area contributed by atoms with Crippen LogP contribution < -0.4 is 0 Å². The molecule has 1 N–H and O–H groups in total. The smallest absolute Gasteiger partial charge is 0.339 e. The number of hydrogen-bond donors (Lipinski definition) is 1. The number of allylic oxidation sites excluding steroid dienone is 3. The number of carboxylic acid groups (broad SMARTS) is 1. The van der Waals surface area contributed by atoms with Crippen LogP contribution in [-0.4, -0.2) is 22.6 Å². The summed E-state index contributed by atoms with van der Waals surface area (Å²) in [5, 5.41) is 8.35. The van der Waals surface area contributed by atoms with Crippen molar-refractivity contribution in [3.05, 3.63) is 23.8 Å². The van der Waals surface area contributed by atoms with Crippen molar-refractivity contribution in [2.45, 2.75) is 0 Å². The normalized spacial score (nSPS) is 16.5. The Bertz CT molecular complexity index is 296. The second-order valence-corrected chi connectivity index (χ2v) is 1.94. The largest absolute Gasteiger partial charge is 0.478 e. The highest BCUT2D eigenvalue weighted by atomic mass is 16.4. The van der Waals surface area contributed by atoms with Gasteiger partial charge in [-0.05, 0) is 12.2 Å². The molecule has 0 radical (unpaired) electrons. The van der Waals surface area contributed by atoms with E-state index < -0.39 is 23.1 Å². The summed E-state index contributed by atoms with van der Waals surface area (Å²) in [4.78, 5) is 31.5. The standard InChI is InChI=1S/C7H4O4/c8-5-3-1-2-4(6(5)9)7(10)11/h1-3H,(H,10,11). The number of rotatable bonds is 1. The van der Waals surface area contributed by atoms with Gasteiger partial charge in [-0.1, -0.05) is 6.08 Å². The minimum Gasteiger partial charge on any atom is -0.478 e. The van der Waals surface area contributed by atoms with Crippen molar-refractivity contribution in [2.24, 2.45) is 0 Å². The zero-order chi connectivity index (χ0) is 8.43. The third kappa shape index (κ3) is 1.24. The minimum atomic E-state index is -1.37. The van der Waals surface area contributed by atoms with Crippen LogP contribution in [-0.2, 0) is 14.4 Å². The van der Waals surface area contributed by atoms with Crippen molar-refractivity contribution in [2.75, 3.05) is 0 Å². The first-order valence-electron chi connectivity index (χ1n) is 2.83. The average Bonchev–Trinajstić information content (AvgIpc) is 1.94. The SMILES string of the molecule is O=C(O)C1=CC=CC(=O)C1=O. The number of carbonyl (C=O) groups is 3. The van der Waals surface area contributed by atoms with Gasteiger partial charge in [-0.25, -0.2) is 4.79 Å². The van der Waals surface area contributed by atoms with E-state index in [9.17, 15) is 14.4 Å². The van der Waals surface area contributed by atoms with Crippen LogP contribution in [0.15, 0.2) is 23.8 Å². The third-order valence-corrected chi connectivity index (χ3v) is 1.21. The maximum atomic E-state index is 10.7. The van der Waals surface area contributed by atoms with E-state index >= 15 is 0 Å². The molecule has 11 heavy (non-hydrogen) atoms. The second kappa shape index (κ2) is 2.49. The molecule has 1 rings (SSSR count). The Labute approximate surface area is 61.8 Å². The molecular weight excluding hydrogens is 148 g/mol. The molecule has 0 aromatic rings. The van der Waals surface area contributed by atoms with Crippen LogP contribution in [0.25, 0.3) is 0 Å². The van der Waals surface area contributed by atoms with Crippen molar-refractivity contribution in [3.8, 4) is 0 Å². The Kier molecular flexibility index (Phi) is 1.68. The van der Waals surface area contributed by atoms with E-state index in [0.717, 1.165) is 12.2 Å². The van der Waals surface area contributed by atoms with Gasteiger partial charge >= 0.3 is 5.97 Å². The summed E-state index contributed by atoms with van der Waals surface area (Å²) in [7, 11) is 0. The van der Waals surface area contributed by atoms with Gasteiger partial charge in [-0.15, -0.1) is 0 Å². The lowest BCUT2D eigenvalue weighted by Crippen LogP contribution is -2.21. The summed E-state index contributed by atoms with van der Waals surface area (Å²) in [6.07, 6.45) is 3.38. The fourth-order valence-corrected chi connectivity index (χ4v) is 0.684. The molecule has 4 nitrogen and oxygen atoms in total. The van der Waals surface area contributed by atoms with Crippen LogP contribution >= 0.6 is 0 Å². The summed E-state index contributed by atoms with van der Waals surface area (Å²) in [5.41, 5.74) is -0.475. The lowest BCUT2D eigenvalue weighted by Gasteiger charge is -1.99. The van der Waals surface area contributed by atoms with Crippen LogP contribution in [0.1, 0.15) is 0 Å². The average molecular weight is 152 g/mol. The molecule has 0 spiro atoms. The van der Waals surface area contributed by atoms with Crippen LogP contribution in [0.4, 0.5) is 0 Å². The molecule has 0 saturated carbocycles. The van der Waals surface area contributed by atoms with Crippen LogP contribution in [0.5, 0.6) is 0 Å². The van der Waals surface area contributed by atoms with Gasteiger partial charge in [-0.3, -0.25) is 9.59 Å². The lowest BCUT2D eigenvalue weighted by molar-refractivity contribution is -0.138. The summed E-state index contributed by atoms with van der Waals surface area (Å²) >= 11 is 0. The van der Waals surface area contributed by atoms with E-state index in [0.29, 0.717) is 0 Å². The van der Waals surface area contributed by atoms with Crippen molar-refractivity contribution in [1.29, 1.82) is 0 Å². The fourth-order valence-electron chi connectivity index (χ4n) is 0.684. The number of Topliss-reactive ketones (excluding diaryl/α,β-unsaturated/α-hetero) is 1. The summed E-state index contributed by atoms with van der Waals surface area (Å²) < 4.78 is 0. The van der Waals surface area contributed by atoms with Crippen molar-refractivity contribution < 1.29 is 19.5 Å². The van der Waals surface area contributed by atoms with E-state index in [2.05, 4.69) is 0 Å². The van der Waals surface area contributed by atoms with Crippen LogP contribution in [0.2, 0.25) is 0 Å². The maximum Gasteiger partial charge on any atom is 0.339 e. The second-order valence-electron chi connectivity index (χ2n) is 1.94. The summed E-state index contributed by atoms with van der Waals surface area (Å²) in [6.45, 7) is 0. The fraction of sp³-hybridized carbons (Fsp3) is 0. The number of carbonyl (C=O) groups excluding carboxylic acids is 2. The Morgan fingerprint density at radius 3 is 2.45 bits per heavy atom. The zero-order valence-corrected chi connectivity index (χ0v) is 5.40. The van der Waals surface area contributed by atoms with Gasteiger partial charge in [0, 0.05) is 0 Å². The van der Waals surface area contributed by atoms with Gasteiger partial charge in [-0.2, -0.15) is 0 Å². The number of ketones is 2. The van der Waals surface area contributed by atoms with Gasteiger partial charge in [0.2, 0.25) is 11.6 Å². The quantitative estimate of drug-likeness (QED) is 0.318. The first-order chi connectivity index (χ1) is 5.13. The van der Waals surface area contributed by atoms with Gasteiger partial charge < -0.3 is 5.11 Å². The predicted molar refractivity (Wildman–Crippen MR) is 34.9 cm³/mol. The van der Waals surface area contributed by atoms with E-state index in [-0.39, 0.29) is 0 Å². The molecule has 0 aromatic heterocycles. The summed E-state index contributed by atoms with van der Waals surface area (Å²) in [6, 6.07) is 0. The van der Waals surface area contributed by atoms with Crippen LogP contribution in [0.3, 0.4) is 0 Å². The van der Waals surface area contributed by atoms with Crippen LogP contribution in [0, 0.1) is 0 Å². The van der Waals surface area contributed by atoms with E-state index in [1.165, 1.54) is 6.08 Å². The zero-order valence-electron chi connectivity index (χ0n) is 5.40. The highest BCUT2D eigenvalue weighted by Crippen LogP contribution is 2.04. The Morgan fingerprint density at radius 2 is 2.00 bits per heavy atom. The third-order valence-electron chi connectivity index (χ3n) is 1.21. The highest BCUT2D eigenvalue weighted by Gasteiger charge is 2.23. The Morgan fingerprint density at radius 1 is 1.36 bits per heavy atom. The van der Waals surface area contributed by atoms with Crippen molar-refractivity contribution in [1.82, 2.24) is 0 Å². The first kappa shape index (κ1) is 7.40. The lowest BCUT2D eigenvalue weighted by atomic mass is 10.0. The molecular formula is C7H4O4. The molecule has 56 valence electrons. The molecule has 0 aromatic carbocycles. The molecule has 0 fully saturated rings. The number of aliphatic carboxylic acids is 1. The molecule has 0 heterocycles. The molecule has 0 atom stereocenters. The molecule has 0 saturated heterocycles.